The van der Waals surface area contributed by atoms with Crippen molar-refractivity contribution in [1.82, 2.24) is 10.2 Å². The summed E-state index contributed by atoms with van der Waals surface area (Å²) in [7, 11) is 0. The molecule has 3 aliphatic heterocycles. The number of rotatable bonds is 4. The molecule has 2 bridgehead atoms. The third kappa shape index (κ3) is 3.43. The van der Waals surface area contributed by atoms with Crippen LogP contribution >= 0.6 is 23.2 Å². The Morgan fingerprint density at radius 3 is 2.48 bits per heavy atom. The molecule has 122 valence electrons. The van der Waals surface area contributed by atoms with E-state index in [2.05, 4.69) is 10.2 Å². The van der Waals surface area contributed by atoms with Gasteiger partial charge in [0.2, 0.25) is 0 Å². The van der Waals surface area contributed by atoms with Gasteiger partial charge >= 0.3 is 0 Å². The Hall–Kier alpha value is -1.00. The third-order valence-corrected chi connectivity index (χ3v) is 5.44. The Labute approximate surface area is 146 Å². The van der Waals surface area contributed by atoms with Crippen LogP contribution in [0.1, 0.15) is 18.6 Å². The second-order valence-electron chi connectivity index (χ2n) is 6.55. The minimum absolute atomic E-state index is 0.590. The molecular weight excluding hydrogens is 331 g/mol. The van der Waals surface area contributed by atoms with Crippen molar-refractivity contribution >= 4 is 23.2 Å². The highest BCUT2D eigenvalue weighted by molar-refractivity contribution is 6.35. The molecule has 0 aliphatic carbocycles. The van der Waals surface area contributed by atoms with Crippen molar-refractivity contribution in [3.05, 3.63) is 46.1 Å². The Morgan fingerprint density at radius 2 is 1.83 bits per heavy atom. The van der Waals surface area contributed by atoms with Gasteiger partial charge in [-0.05, 0) is 62.2 Å². The number of halogens is 2. The maximum absolute atomic E-state index is 6.06. The van der Waals surface area contributed by atoms with E-state index in [0.717, 1.165) is 29.5 Å². The van der Waals surface area contributed by atoms with Gasteiger partial charge in [0.05, 0.1) is 6.54 Å². The van der Waals surface area contributed by atoms with Crippen molar-refractivity contribution < 1.29 is 4.42 Å². The molecule has 1 atom stereocenters. The quantitative estimate of drug-likeness (QED) is 0.883. The molecule has 0 unspecified atom stereocenters. The smallest absolute Gasteiger partial charge is 0.134 e. The van der Waals surface area contributed by atoms with Gasteiger partial charge in [-0.1, -0.05) is 23.2 Å². The predicted molar refractivity (Wildman–Crippen MR) is 94.0 cm³/mol. The predicted octanol–water partition coefficient (Wildman–Crippen LogP) is 4.44. The summed E-state index contributed by atoms with van der Waals surface area (Å²) in [4.78, 5) is 2.55. The molecule has 1 N–H and O–H groups in total. The number of fused-ring (bicyclic) bond motifs is 3. The zero-order chi connectivity index (χ0) is 15.8. The summed E-state index contributed by atoms with van der Waals surface area (Å²) in [6.07, 6.45) is 2.64. The van der Waals surface area contributed by atoms with E-state index in [9.17, 15) is 0 Å². The lowest BCUT2D eigenvalue weighted by atomic mass is 9.84. The minimum atomic E-state index is 0.590. The van der Waals surface area contributed by atoms with Gasteiger partial charge in [0.25, 0.3) is 0 Å². The van der Waals surface area contributed by atoms with E-state index in [0.29, 0.717) is 16.1 Å². The summed E-state index contributed by atoms with van der Waals surface area (Å²) in [6.45, 7) is 4.47. The summed E-state index contributed by atoms with van der Waals surface area (Å²) in [6, 6.07) is 10.1. The number of hydrogen-bond acceptors (Lipinski definition) is 3. The zero-order valence-electron chi connectivity index (χ0n) is 12.9. The third-order valence-electron chi connectivity index (χ3n) is 5.00. The molecule has 3 saturated heterocycles. The maximum atomic E-state index is 6.06. The first-order valence-electron chi connectivity index (χ1n) is 8.18. The van der Waals surface area contributed by atoms with Crippen LogP contribution in [0, 0.1) is 5.92 Å². The van der Waals surface area contributed by atoms with Crippen molar-refractivity contribution in [3.63, 3.8) is 0 Å². The van der Waals surface area contributed by atoms with Crippen molar-refractivity contribution in [2.75, 3.05) is 19.6 Å². The van der Waals surface area contributed by atoms with Crippen molar-refractivity contribution in [1.29, 1.82) is 0 Å². The fraction of sp³-hybridized carbons (Fsp3) is 0.444. The number of furan rings is 1. The lowest BCUT2D eigenvalue weighted by Gasteiger charge is -2.45. The Bertz CT molecular complexity index is 672. The molecule has 1 aromatic carbocycles. The van der Waals surface area contributed by atoms with Crippen LogP contribution in [0.15, 0.2) is 34.7 Å². The van der Waals surface area contributed by atoms with E-state index < -0.39 is 0 Å². The Morgan fingerprint density at radius 1 is 1.09 bits per heavy atom. The average Bonchev–Trinajstić information content (AvgIpc) is 3.02. The van der Waals surface area contributed by atoms with Crippen molar-refractivity contribution in [2.24, 2.45) is 5.92 Å². The monoisotopic (exact) mass is 350 g/mol. The molecule has 0 radical (unpaired) electrons. The van der Waals surface area contributed by atoms with Gasteiger partial charge < -0.3 is 14.6 Å². The van der Waals surface area contributed by atoms with Crippen LogP contribution in [0.4, 0.5) is 0 Å². The van der Waals surface area contributed by atoms with E-state index in [-0.39, 0.29) is 0 Å². The summed E-state index contributed by atoms with van der Waals surface area (Å²) < 4.78 is 5.96. The average molecular weight is 351 g/mol. The summed E-state index contributed by atoms with van der Waals surface area (Å²) >= 11 is 12.1. The molecule has 3 nitrogen and oxygen atoms in total. The fourth-order valence-corrected chi connectivity index (χ4v) is 4.28. The van der Waals surface area contributed by atoms with Crippen LogP contribution in [-0.2, 0) is 6.54 Å². The number of nitrogens with zero attached hydrogens (tertiary/aromatic N) is 1. The highest BCUT2D eigenvalue weighted by Crippen LogP contribution is 2.30. The van der Waals surface area contributed by atoms with E-state index in [4.69, 9.17) is 27.6 Å². The van der Waals surface area contributed by atoms with E-state index in [1.54, 1.807) is 6.07 Å². The first-order valence-corrected chi connectivity index (χ1v) is 8.94. The van der Waals surface area contributed by atoms with Crippen LogP contribution in [0.5, 0.6) is 0 Å². The van der Waals surface area contributed by atoms with Gasteiger partial charge in [0, 0.05) is 28.2 Å². The van der Waals surface area contributed by atoms with Gasteiger partial charge in [-0.25, -0.2) is 0 Å². The van der Waals surface area contributed by atoms with E-state index in [1.807, 2.05) is 24.3 Å². The van der Waals surface area contributed by atoms with Crippen molar-refractivity contribution in [3.8, 4) is 11.3 Å². The van der Waals surface area contributed by atoms with Crippen LogP contribution in [0.25, 0.3) is 11.3 Å². The standard InChI is InChI=1S/C18H20Cl2N2O/c19-14-7-13(8-15(20)9-14)18-2-1-16(23-18)10-21-17-11-22-5-3-12(17)4-6-22/h1-2,7-9,12,17,21H,3-6,10-11H2/t17-/m0/s1. The number of nitrogens with one attached hydrogen (secondary N) is 1. The normalized spacial score (nSPS) is 26.6. The number of benzene rings is 1. The first kappa shape index (κ1) is 15.5. The molecule has 0 amide bonds. The van der Waals surface area contributed by atoms with E-state index >= 15 is 0 Å². The maximum Gasteiger partial charge on any atom is 0.134 e. The lowest BCUT2D eigenvalue weighted by Crippen LogP contribution is -2.55. The van der Waals surface area contributed by atoms with Gasteiger partial charge in [-0.3, -0.25) is 0 Å². The molecule has 3 fully saturated rings. The molecule has 0 saturated carbocycles. The first-order chi connectivity index (χ1) is 11.2. The highest BCUT2D eigenvalue weighted by atomic mass is 35.5. The fourth-order valence-electron chi connectivity index (χ4n) is 3.75. The molecule has 0 spiro atoms. The van der Waals surface area contributed by atoms with Crippen molar-refractivity contribution in [2.45, 2.75) is 25.4 Å². The van der Waals surface area contributed by atoms with Crippen LogP contribution in [0.3, 0.4) is 0 Å². The van der Waals surface area contributed by atoms with E-state index in [1.165, 1.54) is 32.5 Å². The zero-order valence-corrected chi connectivity index (χ0v) is 14.4. The molecule has 23 heavy (non-hydrogen) atoms. The van der Waals surface area contributed by atoms with Crippen LogP contribution < -0.4 is 5.32 Å². The van der Waals surface area contributed by atoms with Gasteiger partial charge in [-0.15, -0.1) is 0 Å². The second-order valence-corrected chi connectivity index (χ2v) is 7.42. The molecular formula is C18H20Cl2N2O. The van der Waals surface area contributed by atoms with Gasteiger partial charge in [0.15, 0.2) is 0 Å². The van der Waals surface area contributed by atoms with Crippen LogP contribution in [0.2, 0.25) is 10.0 Å². The largest absolute Gasteiger partial charge is 0.460 e. The van der Waals surface area contributed by atoms with Crippen LogP contribution in [-0.4, -0.2) is 30.6 Å². The second kappa shape index (κ2) is 6.48. The Kier molecular flexibility index (Phi) is 4.37. The number of hydrogen-bond donors (Lipinski definition) is 1. The molecule has 3 aliphatic rings. The number of piperidine rings is 3. The summed E-state index contributed by atoms with van der Waals surface area (Å²) in [5.41, 5.74) is 0.914. The lowest BCUT2D eigenvalue weighted by molar-refractivity contribution is 0.0711. The minimum Gasteiger partial charge on any atom is -0.460 e. The Balaban J connectivity index is 1.42. The topological polar surface area (TPSA) is 28.4 Å². The molecule has 4 heterocycles. The van der Waals surface area contributed by atoms with Gasteiger partial charge in [0.1, 0.15) is 11.5 Å². The highest BCUT2D eigenvalue weighted by Gasteiger charge is 2.33. The molecule has 1 aromatic heterocycles. The molecule has 5 heteroatoms. The summed E-state index contributed by atoms with van der Waals surface area (Å²) in [5.74, 6) is 2.58. The van der Waals surface area contributed by atoms with Gasteiger partial charge in [-0.2, -0.15) is 0 Å². The molecule has 5 rings (SSSR count). The molecule has 2 aromatic rings. The summed E-state index contributed by atoms with van der Waals surface area (Å²) in [5, 5.41) is 4.91. The SMILES string of the molecule is Clc1cc(Cl)cc(-c2ccc(CN[C@H]3CN4CCC3CC4)o2)c1.